The topological polar surface area (TPSA) is 96.0 Å². The number of rotatable bonds is 4. The van der Waals surface area contributed by atoms with Crippen molar-refractivity contribution in [2.45, 2.75) is 18.9 Å². The van der Waals surface area contributed by atoms with Gasteiger partial charge in [-0.25, -0.2) is 9.59 Å². The second-order valence-electron chi connectivity index (χ2n) is 7.44. The van der Waals surface area contributed by atoms with E-state index >= 15 is 0 Å². The summed E-state index contributed by atoms with van der Waals surface area (Å²) in [6.07, 6.45) is 0.577. The van der Waals surface area contributed by atoms with Crippen LogP contribution in [0.25, 0.3) is 0 Å². The normalized spacial score (nSPS) is 20.2. The quantitative estimate of drug-likeness (QED) is 0.616. The highest BCUT2D eigenvalue weighted by molar-refractivity contribution is 6.10. The summed E-state index contributed by atoms with van der Waals surface area (Å²) in [4.78, 5) is 52.6. The van der Waals surface area contributed by atoms with Crippen molar-refractivity contribution < 1.29 is 23.9 Å². The number of anilines is 1. The lowest BCUT2D eigenvalue weighted by atomic mass is 9.92. The maximum absolute atomic E-state index is 13.0. The number of imide groups is 1. The third-order valence-electron chi connectivity index (χ3n) is 5.62. The predicted octanol–water partition coefficient (Wildman–Crippen LogP) is 1.83. The van der Waals surface area contributed by atoms with E-state index in [0.29, 0.717) is 29.8 Å². The standard InChI is InChI=1S/C22H21N3O5/c1-22(16-6-4-3-5-7-16)20(28)25(21(29)23-22)13-18(26)24-11-10-14-12-15(19(27)30-2)8-9-17(14)24/h3-9,12H,10-11,13H2,1-2H3,(H,23,29). The molecule has 4 amide bonds. The van der Waals surface area contributed by atoms with Gasteiger partial charge in [0.05, 0.1) is 12.7 Å². The highest BCUT2D eigenvalue weighted by atomic mass is 16.5. The first kappa shape index (κ1) is 19.6. The zero-order chi connectivity index (χ0) is 21.5. The van der Waals surface area contributed by atoms with Crippen molar-refractivity contribution in [3.8, 4) is 0 Å². The van der Waals surface area contributed by atoms with Crippen molar-refractivity contribution >= 4 is 29.5 Å². The molecule has 2 aromatic carbocycles. The zero-order valence-corrected chi connectivity index (χ0v) is 16.7. The monoisotopic (exact) mass is 407 g/mol. The van der Waals surface area contributed by atoms with Crippen LogP contribution < -0.4 is 10.2 Å². The molecule has 0 spiro atoms. The molecule has 0 aromatic heterocycles. The SMILES string of the molecule is COC(=O)c1ccc2c(c1)CCN2C(=O)CN1C(=O)NC(C)(c2ccccc2)C1=O. The summed E-state index contributed by atoms with van der Waals surface area (Å²) in [5.74, 6) is -1.27. The minimum absolute atomic E-state index is 0.356. The van der Waals surface area contributed by atoms with Crippen molar-refractivity contribution in [2.24, 2.45) is 0 Å². The minimum atomic E-state index is -1.21. The first-order chi connectivity index (χ1) is 14.3. The van der Waals surface area contributed by atoms with Crippen LogP contribution in [0.2, 0.25) is 0 Å². The molecular weight excluding hydrogens is 386 g/mol. The molecular formula is C22H21N3O5. The smallest absolute Gasteiger partial charge is 0.337 e. The van der Waals surface area contributed by atoms with Crippen LogP contribution in [0, 0.1) is 0 Å². The van der Waals surface area contributed by atoms with Crippen molar-refractivity contribution in [2.75, 3.05) is 25.1 Å². The van der Waals surface area contributed by atoms with Crippen molar-refractivity contribution in [3.63, 3.8) is 0 Å². The fourth-order valence-corrected chi connectivity index (χ4v) is 3.93. The third-order valence-corrected chi connectivity index (χ3v) is 5.62. The Balaban J connectivity index is 1.52. The number of fused-ring (bicyclic) bond motifs is 1. The Bertz CT molecular complexity index is 1050. The Labute approximate surface area is 173 Å². The Morgan fingerprint density at radius 3 is 2.57 bits per heavy atom. The summed E-state index contributed by atoms with van der Waals surface area (Å²) in [6, 6.07) is 13.3. The molecule has 2 aromatic rings. The molecule has 1 unspecified atom stereocenters. The zero-order valence-electron chi connectivity index (χ0n) is 16.7. The number of ether oxygens (including phenoxy) is 1. The number of methoxy groups -OCH3 is 1. The number of hydrogen-bond acceptors (Lipinski definition) is 5. The molecule has 2 aliphatic rings. The van der Waals surface area contributed by atoms with Gasteiger partial charge in [0, 0.05) is 12.2 Å². The van der Waals surface area contributed by atoms with Gasteiger partial charge in [0.25, 0.3) is 5.91 Å². The van der Waals surface area contributed by atoms with Crippen molar-refractivity contribution in [3.05, 3.63) is 65.2 Å². The maximum Gasteiger partial charge on any atom is 0.337 e. The molecule has 154 valence electrons. The number of esters is 1. The van der Waals surface area contributed by atoms with E-state index < -0.39 is 23.4 Å². The van der Waals surface area contributed by atoms with Crippen LogP contribution in [-0.4, -0.2) is 48.9 Å². The largest absolute Gasteiger partial charge is 0.465 e. The van der Waals surface area contributed by atoms with Crippen LogP contribution in [0.15, 0.2) is 48.5 Å². The molecule has 8 heteroatoms. The molecule has 1 saturated heterocycles. The number of carbonyl (C=O) groups excluding carboxylic acids is 4. The van der Waals surface area contributed by atoms with Crippen LogP contribution in [0.5, 0.6) is 0 Å². The highest BCUT2D eigenvalue weighted by Crippen LogP contribution is 2.31. The number of carbonyl (C=O) groups is 4. The first-order valence-electron chi connectivity index (χ1n) is 9.56. The average Bonchev–Trinajstić information content (AvgIpc) is 3.28. The summed E-state index contributed by atoms with van der Waals surface area (Å²) in [5.41, 5.74) is 1.37. The number of nitrogens with zero attached hydrogens (tertiary/aromatic N) is 2. The molecule has 1 atom stereocenters. The van der Waals surface area contributed by atoms with Gasteiger partial charge < -0.3 is 15.0 Å². The number of hydrogen-bond donors (Lipinski definition) is 1. The number of nitrogens with one attached hydrogen (secondary N) is 1. The van der Waals surface area contributed by atoms with Crippen molar-refractivity contribution in [1.82, 2.24) is 10.2 Å². The molecule has 0 bridgehead atoms. The molecule has 2 heterocycles. The predicted molar refractivity (Wildman–Crippen MR) is 108 cm³/mol. The average molecular weight is 407 g/mol. The molecule has 30 heavy (non-hydrogen) atoms. The van der Waals surface area contributed by atoms with Crippen LogP contribution in [0.3, 0.4) is 0 Å². The molecule has 2 aliphatic heterocycles. The van der Waals surface area contributed by atoms with Crippen LogP contribution in [0.4, 0.5) is 10.5 Å². The van der Waals surface area contributed by atoms with Gasteiger partial charge in [0.15, 0.2) is 0 Å². The highest BCUT2D eigenvalue weighted by Gasteiger charge is 2.49. The second kappa shape index (κ2) is 7.29. The van der Waals surface area contributed by atoms with Gasteiger partial charge in [-0.1, -0.05) is 30.3 Å². The molecule has 8 nitrogen and oxygen atoms in total. The lowest BCUT2D eigenvalue weighted by Gasteiger charge is -2.23. The molecule has 4 rings (SSSR count). The van der Waals surface area contributed by atoms with Crippen LogP contribution in [0.1, 0.15) is 28.4 Å². The van der Waals surface area contributed by atoms with E-state index in [4.69, 9.17) is 4.74 Å². The Morgan fingerprint density at radius 2 is 1.87 bits per heavy atom. The van der Waals surface area contributed by atoms with Gasteiger partial charge in [0.1, 0.15) is 12.1 Å². The number of urea groups is 1. The molecule has 0 aliphatic carbocycles. The lowest BCUT2D eigenvalue weighted by molar-refractivity contribution is -0.134. The van der Waals surface area contributed by atoms with E-state index in [9.17, 15) is 19.2 Å². The summed E-state index contributed by atoms with van der Waals surface area (Å²) in [5, 5.41) is 2.70. The number of benzene rings is 2. The summed E-state index contributed by atoms with van der Waals surface area (Å²) < 4.78 is 4.73. The maximum atomic E-state index is 13.0. The van der Waals surface area contributed by atoms with Crippen molar-refractivity contribution in [1.29, 1.82) is 0 Å². The molecule has 0 saturated carbocycles. The molecule has 0 radical (unpaired) electrons. The van der Waals surface area contributed by atoms with E-state index in [1.54, 1.807) is 49.4 Å². The fourth-order valence-electron chi connectivity index (χ4n) is 3.93. The lowest BCUT2D eigenvalue weighted by Crippen LogP contribution is -2.44. The Kier molecular flexibility index (Phi) is 4.77. The van der Waals surface area contributed by atoms with Gasteiger partial charge in [-0.05, 0) is 42.7 Å². The van der Waals surface area contributed by atoms with Gasteiger partial charge in [-0.2, -0.15) is 0 Å². The molecule has 1 N–H and O–H groups in total. The van der Waals surface area contributed by atoms with E-state index in [-0.39, 0.29) is 12.5 Å². The van der Waals surface area contributed by atoms with Crippen LogP contribution in [-0.2, 0) is 26.3 Å². The summed E-state index contributed by atoms with van der Waals surface area (Å²) in [7, 11) is 1.31. The summed E-state index contributed by atoms with van der Waals surface area (Å²) >= 11 is 0. The van der Waals surface area contributed by atoms with E-state index in [2.05, 4.69) is 5.32 Å². The van der Waals surface area contributed by atoms with Gasteiger partial charge >= 0.3 is 12.0 Å². The first-order valence-corrected chi connectivity index (χ1v) is 9.56. The third kappa shape index (κ3) is 3.10. The number of amides is 4. The van der Waals surface area contributed by atoms with Gasteiger partial charge in [0.2, 0.25) is 5.91 Å². The second-order valence-corrected chi connectivity index (χ2v) is 7.44. The Hall–Kier alpha value is -3.68. The van der Waals surface area contributed by atoms with Crippen LogP contribution >= 0.6 is 0 Å². The minimum Gasteiger partial charge on any atom is -0.465 e. The Morgan fingerprint density at radius 1 is 1.13 bits per heavy atom. The van der Waals surface area contributed by atoms with E-state index in [1.807, 2.05) is 6.07 Å². The fraction of sp³-hybridized carbons (Fsp3) is 0.273. The molecule has 1 fully saturated rings. The summed E-state index contributed by atoms with van der Waals surface area (Å²) in [6.45, 7) is 1.69. The van der Waals surface area contributed by atoms with Gasteiger partial charge in [-0.3, -0.25) is 14.5 Å². The van der Waals surface area contributed by atoms with Gasteiger partial charge in [-0.15, -0.1) is 0 Å². The van der Waals surface area contributed by atoms with E-state index in [0.717, 1.165) is 10.5 Å². The van der Waals surface area contributed by atoms with E-state index in [1.165, 1.54) is 12.0 Å².